The van der Waals surface area contributed by atoms with E-state index in [1.807, 2.05) is 12.1 Å². The maximum Gasteiger partial charge on any atom is 0.142 e. The van der Waals surface area contributed by atoms with Crippen LogP contribution in [0.1, 0.15) is 11.1 Å². The molecule has 0 radical (unpaired) electrons. The van der Waals surface area contributed by atoms with Gasteiger partial charge in [-0.25, -0.2) is 0 Å². The van der Waals surface area contributed by atoms with E-state index in [1.165, 1.54) is 16.5 Å². The monoisotopic (exact) mass is 384 g/mol. The van der Waals surface area contributed by atoms with E-state index in [0.29, 0.717) is 22.3 Å². The van der Waals surface area contributed by atoms with Gasteiger partial charge in [-0.2, -0.15) is 0 Å². The summed E-state index contributed by atoms with van der Waals surface area (Å²) >= 11 is 12.2. The highest BCUT2D eigenvalue weighted by Crippen LogP contribution is 2.32. The second-order valence-electron chi connectivity index (χ2n) is 5.37. The predicted molar refractivity (Wildman–Crippen MR) is 104 cm³/mol. The van der Waals surface area contributed by atoms with Gasteiger partial charge in [0, 0.05) is 34.2 Å². The molecule has 1 heterocycles. The van der Waals surface area contributed by atoms with Crippen molar-refractivity contribution in [1.82, 2.24) is 10.3 Å². The van der Waals surface area contributed by atoms with E-state index >= 15 is 0 Å². The number of rotatable bonds is 6. The lowest BCUT2D eigenvalue weighted by atomic mass is 10.1. The topological polar surface area (TPSA) is 37.0 Å². The molecule has 0 spiro atoms. The van der Waals surface area contributed by atoms with Gasteiger partial charge in [0.1, 0.15) is 5.75 Å². The first-order valence-electron chi connectivity index (χ1n) is 7.46. The Hall–Kier alpha value is -1.39. The van der Waals surface area contributed by atoms with E-state index in [1.54, 1.807) is 13.2 Å². The largest absolute Gasteiger partial charge is 0.495 e. The molecule has 0 amide bonds. The molecule has 0 atom stereocenters. The number of fused-ring (bicyclic) bond motifs is 1. The van der Waals surface area contributed by atoms with Crippen LogP contribution in [-0.2, 0) is 13.0 Å². The Morgan fingerprint density at radius 3 is 2.71 bits per heavy atom. The van der Waals surface area contributed by atoms with Gasteiger partial charge in [0.2, 0.25) is 0 Å². The fourth-order valence-corrected chi connectivity index (χ4v) is 3.37. The molecule has 3 rings (SSSR count). The van der Waals surface area contributed by atoms with Gasteiger partial charge in [-0.1, -0.05) is 41.4 Å². The van der Waals surface area contributed by atoms with Crippen LogP contribution in [0.3, 0.4) is 0 Å². The van der Waals surface area contributed by atoms with Crippen LogP contribution in [0.15, 0.2) is 42.6 Å². The minimum atomic E-state index is 0. The second kappa shape index (κ2) is 8.63. The molecule has 2 N–H and O–H groups in total. The van der Waals surface area contributed by atoms with Crippen LogP contribution in [-0.4, -0.2) is 18.6 Å². The van der Waals surface area contributed by atoms with E-state index in [2.05, 4.69) is 34.7 Å². The normalized spacial score (nSPS) is 10.6. The summed E-state index contributed by atoms with van der Waals surface area (Å²) in [6.45, 7) is 1.51. The average Bonchev–Trinajstić information content (AvgIpc) is 2.94. The number of para-hydroxylation sites is 1. The van der Waals surface area contributed by atoms with Gasteiger partial charge in [0.15, 0.2) is 0 Å². The second-order valence-corrected chi connectivity index (χ2v) is 6.21. The number of H-pyrrole nitrogens is 1. The molecule has 2 aromatic carbocycles. The number of nitrogens with one attached hydrogen (secondary N) is 2. The van der Waals surface area contributed by atoms with Crippen molar-refractivity contribution < 1.29 is 4.74 Å². The number of benzene rings is 2. The molecule has 24 heavy (non-hydrogen) atoms. The molecule has 6 heteroatoms. The first-order valence-corrected chi connectivity index (χ1v) is 8.22. The van der Waals surface area contributed by atoms with Crippen molar-refractivity contribution in [3.63, 3.8) is 0 Å². The van der Waals surface area contributed by atoms with Crippen molar-refractivity contribution in [3.8, 4) is 5.75 Å². The van der Waals surface area contributed by atoms with Gasteiger partial charge in [-0.05, 0) is 36.7 Å². The minimum absolute atomic E-state index is 0. The van der Waals surface area contributed by atoms with Gasteiger partial charge in [-0.3, -0.25) is 0 Å². The molecule has 0 aliphatic heterocycles. The van der Waals surface area contributed by atoms with Gasteiger partial charge in [0.25, 0.3) is 0 Å². The molecular weight excluding hydrogens is 367 g/mol. The summed E-state index contributed by atoms with van der Waals surface area (Å²) in [4.78, 5) is 3.30. The molecule has 0 aliphatic carbocycles. The summed E-state index contributed by atoms with van der Waals surface area (Å²) in [5.41, 5.74) is 3.44. The van der Waals surface area contributed by atoms with E-state index in [4.69, 9.17) is 27.9 Å². The van der Waals surface area contributed by atoms with Gasteiger partial charge in [0.05, 0.1) is 12.1 Å². The lowest BCUT2D eigenvalue weighted by Crippen LogP contribution is -2.17. The number of halogens is 3. The highest BCUT2D eigenvalue weighted by atomic mass is 35.5. The van der Waals surface area contributed by atoms with Crippen LogP contribution >= 0.6 is 35.6 Å². The molecule has 3 nitrogen and oxygen atoms in total. The third-order valence-corrected chi connectivity index (χ3v) is 4.35. The fraction of sp³-hybridized carbons (Fsp3) is 0.222. The lowest BCUT2D eigenvalue weighted by molar-refractivity contribution is 0.408. The van der Waals surface area contributed by atoms with E-state index < -0.39 is 0 Å². The molecule has 128 valence electrons. The quantitative estimate of drug-likeness (QED) is 0.570. The number of ether oxygens (including phenoxy) is 1. The van der Waals surface area contributed by atoms with Gasteiger partial charge >= 0.3 is 0 Å². The van der Waals surface area contributed by atoms with Crippen molar-refractivity contribution in [2.24, 2.45) is 0 Å². The summed E-state index contributed by atoms with van der Waals surface area (Å²) in [7, 11) is 1.62. The number of hydrogen-bond acceptors (Lipinski definition) is 2. The third kappa shape index (κ3) is 4.17. The van der Waals surface area contributed by atoms with E-state index in [9.17, 15) is 0 Å². The molecule has 0 aliphatic rings. The Bertz CT molecular complexity index is 817. The SMILES string of the molecule is COc1c(Cl)cc(Cl)cc1CNCCc1c[nH]c2ccccc12.Cl. The van der Waals surface area contributed by atoms with Crippen LogP contribution < -0.4 is 10.1 Å². The summed E-state index contributed by atoms with van der Waals surface area (Å²) in [5.74, 6) is 0.677. The Labute approximate surface area is 157 Å². The summed E-state index contributed by atoms with van der Waals surface area (Å²) in [5, 5.41) is 5.85. The lowest BCUT2D eigenvalue weighted by Gasteiger charge is -2.12. The number of hydrogen-bond donors (Lipinski definition) is 2. The van der Waals surface area contributed by atoms with Crippen molar-refractivity contribution >= 4 is 46.5 Å². The van der Waals surface area contributed by atoms with Crippen LogP contribution in [0.4, 0.5) is 0 Å². The summed E-state index contributed by atoms with van der Waals surface area (Å²) in [6, 6.07) is 11.9. The maximum atomic E-state index is 6.15. The van der Waals surface area contributed by atoms with E-state index in [0.717, 1.165) is 18.5 Å². The smallest absolute Gasteiger partial charge is 0.142 e. The number of aromatic amines is 1. The highest BCUT2D eigenvalue weighted by molar-refractivity contribution is 6.35. The molecule has 1 aromatic heterocycles. The Balaban J connectivity index is 0.00000208. The summed E-state index contributed by atoms with van der Waals surface area (Å²) in [6.07, 6.45) is 3.02. The Kier molecular flexibility index (Phi) is 6.81. The standard InChI is InChI=1S/C18H18Cl2N2O.ClH/c1-23-18-13(8-14(19)9-16(18)20)10-21-7-6-12-11-22-17-5-3-2-4-15(12)17;/h2-5,8-9,11,21-22H,6-7,10H2,1H3;1H. The number of aromatic nitrogens is 1. The van der Waals surface area contributed by atoms with Crippen LogP contribution in [0.25, 0.3) is 10.9 Å². The first-order chi connectivity index (χ1) is 11.2. The van der Waals surface area contributed by atoms with Crippen molar-refractivity contribution in [1.29, 1.82) is 0 Å². The molecule has 0 saturated heterocycles. The van der Waals surface area contributed by atoms with Gasteiger partial charge < -0.3 is 15.0 Å². The molecule has 0 bridgehead atoms. The van der Waals surface area contributed by atoms with Gasteiger partial charge in [-0.15, -0.1) is 12.4 Å². The van der Waals surface area contributed by atoms with Crippen molar-refractivity contribution in [2.75, 3.05) is 13.7 Å². The Morgan fingerprint density at radius 1 is 1.12 bits per heavy atom. The zero-order valence-electron chi connectivity index (χ0n) is 13.2. The predicted octanol–water partition coefficient (Wildman–Crippen LogP) is 5.24. The summed E-state index contributed by atoms with van der Waals surface area (Å²) < 4.78 is 5.36. The Morgan fingerprint density at radius 2 is 1.92 bits per heavy atom. The highest BCUT2D eigenvalue weighted by Gasteiger charge is 2.09. The van der Waals surface area contributed by atoms with E-state index in [-0.39, 0.29) is 12.4 Å². The molecule has 0 saturated carbocycles. The maximum absolute atomic E-state index is 6.15. The number of methoxy groups -OCH3 is 1. The van der Waals surface area contributed by atoms with Crippen molar-refractivity contribution in [2.45, 2.75) is 13.0 Å². The van der Waals surface area contributed by atoms with Crippen LogP contribution in [0.5, 0.6) is 5.75 Å². The molecule has 3 aromatic rings. The van der Waals surface area contributed by atoms with Crippen molar-refractivity contribution in [3.05, 3.63) is 63.8 Å². The zero-order valence-corrected chi connectivity index (χ0v) is 15.6. The first kappa shape index (κ1) is 18.9. The minimum Gasteiger partial charge on any atom is -0.495 e. The van der Waals surface area contributed by atoms with Crippen LogP contribution in [0.2, 0.25) is 10.0 Å². The average molecular weight is 386 g/mol. The van der Waals surface area contributed by atoms with Crippen LogP contribution in [0, 0.1) is 0 Å². The zero-order chi connectivity index (χ0) is 16.2. The molecule has 0 unspecified atom stereocenters. The molecular formula is C18H19Cl3N2O. The molecule has 0 fully saturated rings. The fourth-order valence-electron chi connectivity index (χ4n) is 2.76. The third-order valence-electron chi connectivity index (χ3n) is 3.85.